The Balaban J connectivity index is 2.35. The number of anilines is 1. The van der Waals surface area contributed by atoms with Gasteiger partial charge in [0, 0.05) is 18.4 Å². The molecule has 2 rings (SSSR count). The van der Waals surface area contributed by atoms with E-state index < -0.39 is 16.0 Å². The molecule has 8 nitrogen and oxygen atoms in total. The van der Waals surface area contributed by atoms with Crippen LogP contribution in [0.25, 0.3) is 0 Å². The van der Waals surface area contributed by atoms with Crippen LogP contribution in [0.15, 0.2) is 23.6 Å². The third-order valence-corrected chi connectivity index (χ3v) is 3.91. The number of imidazole rings is 1. The predicted octanol–water partition coefficient (Wildman–Crippen LogP) is 1.04. The molecule has 0 saturated heterocycles. The molecule has 0 aliphatic rings. The standard InChI is InChI=1S/C11H14N4O4S/c1-3-15-5-9(12-6-15)20(18,19)14-8-4-7(2)13-10(8)11(16)17/h4-6,13-14H,3H2,1-2H3,(H,16,17). The molecule has 0 bridgehead atoms. The summed E-state index contributed by atoms with van der Waals surface area (Å²) in [5, 5.41) is 8.84. The van der Waals surface area contributed by atoms with Gasteiger partial charge >= 0.3 is 5.97 Å². The molecular weight excluding hydrogens is 284 g/mol. The minimum atomic E-state index is -3.91. The van der Waals surface area contributed by atoms with Gasteiger partial charge in [-0.2, -0.15) is 8.42 Å². The lowest BCUT2D eigenvalue weighted by Gasteiger charge is -2.04. The van der Waals surface area contributed by atoms with Gasteiger partial charge in [-0.15, -0.1) is 0 Å². The zero-order valence-electron chi connectivity index (χ0n) is 10.9. The van der Waals surface area contributed by atoms with Crippen molar-refractivity contribution in [1.82, 2.24) is 14.5 Å². The molecule has 2 aromatic heterocycles. The van der Waals surface area contributed by atoms with Crippen LogP contribution in [-0.4, -0.2) is 34.0 Å². The highest BCUT2D eigenvalue weighted by molar-refractivity contribution is 7.92. The zero-order chi connectivity index (χ0) is 14.9. The van der Waals surface area contributed by atoms with E-state index in [2.05, 4.69) is 14.7 Å². The fourth-order valence-electron chi connectivity index (χ4n) is 1.69. The average Bonchev–Trinajstić information content (AvgIpc) is 2.95. The second-order valence-corrected chi connectivity index (χ2v) is 5.82. The molecule has 2 aromatic rings. The molecule has 108 valence electrons. The minimum Gasteiger partial charge on any atom is -0.477 e. The van der Waals surface area contributed by atoms with E-state index in [0.717, 1.165) is 0 Å². The highest BCUT2D eigenvalue weighted by Gasteiger charge is 2.22. The van der Waals surface area contributed by atoms with Crippen LogP contribution in [-0.2, 0) is 16.6 Å². The smallest absolute Gasteiger partial charge is 0.354 e. The van der Waals surface area contributed by atoms with Crippen LogP contribution in [0, 0.1) is 6.92 Å². The number of hydrogen-bond acceptors (Lipinski definition) is 4. The van der Waals surface area contributed by atoms with Crippen LogP contribution >= 0.6 is 0 Å². The first-order valence-electron chi connectivity index (χ1n) is 5.81. The van der Waals surface area contributed by atoms with Gasteiger partial charge in [-0.3, -0.25) is 4.72 Å². The fourth-order valence-corrected chi connectivity index (χ4v) is 2.70. The minimum absolute atomic E-state index is 0.0129. The number of aromatic nitrogens is 3. The molecule has 20 heavy (non-hydrogen) atoms. The Labute approximate surface area is 115 Å². The molecule has 0 amide bonds. The summed E-state index contributed by atoms with van der Waals surface area (Å²) in [5.74, 6) is -1.24. The second-order valence-electron chi connectivity index (χ2n) is 4.19. The quantitative estimate of drug-likeness (QED) is 0.762. The Hall–Kier alpha value is -2.29. The van der Waals surface area contributed by atoms with Gasteiger partial charge in [0.2, 0.25) is 0 Å². The number of carbonyl (C=O) groups is 1. The lowest BCUT2D eigenvalue weighted by molar-refractivity contribution is 0.0692. The van der Waals surface area contributed by atoms with Crippen LogP contribution in [0.1, 0.15) is 23.1 Å². The van der Waals surface area contributed by atoms with Crippen LogP contribution in [0.5, 0.6) is 0 Å². The molecule has 0 saturated carbocycles. The topological polar surface area (TPSA) is 117 Å². The maximum Gasteiger partial charge on any atom is 0.354 e. The van der Waals surface area contributed by atoms with Crippen LogP contribution in [0.2, 0.25) is 0 Å². The van der Waals surface area contributed by atoms with Crippen LogP contribution in [0.4, 0.5) is 5.69 Å². The number of nitrogens with zero attached hydrogens (tertiary/aromatic N) is 2. The van der Waals surface area contributed by atoms with Gasteiger partial charge in [-0.05, 0) is 19.9 Å². The third kappa shape index (κ3) is 2.67. The molecule has 0 aromatic carbocycles. The van der Waals surface area contributed by atoms with Crippen molar-refractivity contribution in [3.63, 3.8) is 0 Å². The molecule has 0 spiro atoms. The predicted molar refractivity (Wildman–Crippen MR) is 71.2 cm³/mol. The van der Waals surface area contributed by atoms with Crippen molar-refractivity contribution in [2.24, 2.45) is 0 Å². The summed E-state index contributed by atoms with van der Waals surface area (Å²) in [5.41, 5.74) is 0.321. The number of sulfonamides is 1. The maximum absolute atomic E-state index is 12.1. The van der Waals surface area contributed by atoms with Gasteiger partial charge in [0.1, 0.15) is 5.69 Å². The lowest BCUT2D eigenvalue weighted by atomic mass is 10.4. The molecule has 9 heteroatoms. The van der Waals surface area contributed by atoms with Crippen molar-refractivity contribution in [3.05, 3.63) is 30.0 Å². The normalized spacial score (nSPS) is 11.5. The van der Waals surface area contributed by atoms with Crippen molar-refractivity contribution in [1.29, 1.82) is 0 Å². The number of carboxylic acid groups (broad SMARTS) is 1. The van der Waals surface area contributed by atoms with E-state index in [-0.39, 0.29) is 16.4 Å². The number of aromatic amines is 1. The van der Waals surface area contributed by atoms with E-state index in [1.165, 1.54) is 18.6 Å². The fraction of sp³-hybridized carbons (Fsp3) is 0.273. The van der Waals surface area contributed by atoms with Crippen molar-refractivity contribution in [3.8, 4) is 0 Å². The number of rotatable bonds is 5. The Kier molecular flexibility index (Phi) is 3.53. The first-order valence-corrected chi connectivity index (χ1v) is 7.29. The Morgan fingerprint density at radius 1 is 1.55 bits per heavy atom. The first kappa shape index (κ1) is 14.1. The van der Waals surface area contributed by atoms with Gasteiger partial charge in [-0.25, -0.2) is 9.78 Å². The molecule has 0 radical (unpaired) electrons. The maximum atomic E-state index is 12.1. The number of H-pyrrole nitrogens is 1. The summed E-state index contributed by atoms with van der Waals surface area (Å²) in [7, 11) is -3.91. The van der Waals surface area contributed by atoms with Crippen molar-refractivity contribution in [2.75, 3.05) is 4.72 Å². The summed E-state index contributed by atoms with van der Waals surface area (Å²) >= 11 is 0. The Morgan fingerprint density at radius 3 is 2.80 bits per heavy atom. The van der Waals surface area contributed by atoms with E-state index in [1.807, 2.05) is 6.92 Å². The SMILES string of the molecule is CCn1cnc(S(=O)(=O)Nc2cc(C)[nH]c2C(=O)O)c1. The largest absolute Gasteiger partial charge is 0.477 e. The van der Waals surface area contributed by atoms with E-state index in [0.29, 0.717) is 12.2 Å². The van der Waals surface area contributed by atoms with Gasteiger partial charge in [0.05, 0.1) is 12.0 Å². The molecule has 0 aliphatic heterocycles. The summed E-state index contributed by atoms with van der Waals surface area (Å²) in [4.78, 5) is 17.4. The zero-order valence-corrected chi connectivity index (χ0v) is 11.7. The lowest BCUT2D eigenvalue weighted by Crippen LogP contribution is -2.15. The van der Waals surface area contributed by atoms with E-state index >= 15 is 0 Å². The Morgan fingerprint density at radius 2 is 2.25 bits per heavy atom. The van der Waals surface area contributed by atoms with Crippen molar-refractivity contribution < 1.29 is 18.3 Å². The first-order chi connectivity index (χ1) is 9.33. The molecule has 0 fully saturated rings. The number of aromatic carboxylic acids is 1. The molecule has 2 heterocycles. The number of aryl methyl sites for hydroxylation is 2. The van der Waals surface area contributed by atoms with E-state index in [9.17, 15) is 13.2 Å². The van der Waals surface area contributed by atoms with Crippen LogP contribution in [0.3, 0.4) is 0 Å². The average molecular weight is 298 g/mol. The van der Waals surface area contributed by atoms with Crippen molar-refractivity contribution >= 4 is 21.7 Å². The monoisotopic (exact) mass is 298 g/mol. The second kappa shape index (κ2) is 5.00. The third-order valence-electron chi connectivity index (χ3n) is 2.66. The molecule has 0 atom stereocenters. The molecular formula is C11H14N4O4S. The number of nitrogens with one attached hydrogen (secondary N) is 2. The Bertz CT molecular complexity index is 744. The summed E-state index contributed by atoms with van der Waals surface area (Å²) < 4.78 is 28.1. The molecule has 0 unspecified atom stereocenters. The summed E-state index contributed by atoms with van der Waals surface area (Å²) in [6.45, 7) is 4.08. The molecule has 0 aliphatic carbocycles. The van der Waals surface area contributed by atoms with Gasteiger partial charge < -0.3 is 14.7 Å². The molecule has 3 N–H and O–H groups in total. The highest BCUT2D eigenvalue weighted by atomic mass is 32.2. The van der Waals surface area contributed by atoms with E-state index in [1.54, 1.807) is 11.5 Å². The van der Waals surface area contributed by atoms with Crippen LogP contribution < -0.4 is 4.72 Å². The van der Waals surface area contributed by atoms with Crippen molar-refractivity contribution in [2.45, 2.75) is 25.4 Å². The number of carboxylic acids is 1. The summed E-state index contributed by atoms with van der Waals surface area (Å²) in [6.07, 6.45) is 2.78. The summed E-state index contributed by atoms with van der Waals surface area (Å²) in [6, 6.07) is 1.41. The van der Waals surface area contributed by atoms with Gasteiger partial charge in [0.15, 0.2) is 5.03 Å². The number of hydrogen-bond donors (Lipinski definition) is 3. The van der Waals surface area contributed by atoms with E-state index in [4.69, 9.17) is 5.11 Å². The van der Waals surface area contributed by atoms with Gasteiger partial charge in [0.25, 0.3) is 10.0 Å². The highest BCUT2D eigenvalue weighted by Crippen LogP contribution is 2.20. The van der Waals surface area contributed by atoms with Gasteiger partial charge in [-0.1, -0.05) is 0 Å².